The average molecular weight is 354 g/mol. The van der Waals surface area contributed by atoms with E-state index < -0.39 is 50.1 Å². The summed E-state index contributed by atoms with van der Waals surface area (Å²) in [5, 5.41) is 34.5. The van der Waals surface area contributed by atoms with E-state index in [9.17, 15) is 19.2 Å². The Morgan fingerprint density at radius 2 is 0.773 bits per heavy atom. The average Bonchev–Trinajstić information content (AvgIpc) is 2.22. The normalized spacial score (nSPS) is 9.73. The van der Waals surface area contributed by atoms with Crippen LogP contribution in [0.3, 0.4) is 0 Å². The first-order valence-corrected chi connectivity index (χ1v) is 5.52. The maximum absolute atomic E-state index is 10.6. The predicted octanol–water partition coefficient (Wildman–Crippen LogP) is -2.83. The van der Waals surface area contributed by atoms with Crippen molar-refractivity contribution in [1.82, 2.24) is 9.80 Å². The van der Waals surface area contributed by atoms with E-state index in [2.05, 4.69) is 0 Å². The zero-order valence-corrected chi connectivity index (χ0v) is 17.7. The van der Waals surface area contributed by atoms with Gasteiger partial charge < -0.3 is 20.4 Å². The van der Waals surface area contributed by atoms with Gasteiger partial charge in [-0.3, -0.25) is 29.0 Å². The summed E-state index contributed by atoms with van der Waals surface area (Å²) in [6.07, 6.45) is 0. The minimum Gasteiger partial charge on any atom is -0.480 e. The van der Waals surface area contributed by atoms with Gasteiger partial charge in [0.15, 0.2) is 0 Å². The number of hydrogen-bond acceptors (Lipinski definition) is 6. The molecule has 0 aromatic heterocycles. The monoisotopic (exact) mass is 354 g/mol. The Kier molecular flexibility index (Phi) is 18.6. The van der Waals surface area contributed by atoms with Crippen molar-refractivity contribution in [2.75, 3.05) is 39.3 Å². The molecular formula is C10H16KN2NaO8. The molecule has 0 atom stereocenters. The summed E-state index contributed by atoms with van der Waals surface area (Å²) >= 11 is 0. The summed E-state index contributed by atoms with van der Waals surface area (Å²) in [4.78, 5) is 44.4. The zero-order chi connectivity index (χ0) is 15.7. The van der Waals surface area contributed by atoms with Gasteiger partial charge in [0, 0.05) is 94.0 Å². The molecule has 2 radical (unpaired) electrons. The Hall–Kier alpha value is 0.436. The number of carboxylic acid groups (broad SMARTS) is 4. The van der Waals surface area contributed by atoms with Crippen LogP contribution in [0.25, 0.3) is 0 Å². The van der Waals surface area contributed by atoms with Gasteiger partial charge >= 0.3 is 23.9 Å². The standard InChI is InChI=1S/C10H16N2O8.K.Na/c13-7(14)3-11(4-8(15)16)1-2-12(5-9(17)18)6-10(19)20;;/h1-6H2,(H,13,14)(H,15,16)(H,17,18)(H,19,20);;. The van der Waals surface area contributed by atoms with E-state index in [0.29, 0.717) is 0 Å². The van der Waals surface area contributed by atoms with Crippen molar-refractivity contribution in [2.24, 2.45) is 0 Å². The molecule has 0 aliphatic rings. The molecule has 0 aliphatic carbocycles. The molecule has 10 nitrogen and oxygen atoms in total. The third-order valence-corrected chi connectivity index (χ3v) is 2.17. The first-order valence-electron chi connectivity index (χ1n) is 5.52. The summed E-state index contributed by atoms with van der Waals surface area (Å²) in [7, 11) is 0. The van der Waals surface area contributed by atoms with Gasteiger partial charge in [-0.2, -0.15) is 0 Å². The second kappa shape index (κ2) is 15.0. The fourth-order valence-electron chi connectivity index (χ4n) is 1.48. The fraction of sp³-hybridized carbons (Fsp3) is 0.600. The van der Waals surface area contributed by atoms with Crippen LogP contribution in [0.15, 0.2) is 0 Å². The molecule has 0 aromatic carbocycles. The van der Waals surface area contributed by atoms with Crippen LogP contribution in [0.1, 0.15) is 0 Å². The Morgan fingerprint density at radius 3 is 0.909 bits per heavy atom. The van der Waals surface area contributed by atoms with Crippen LogP contribution in [0, 0.1) is 0 Å². The third-order valence-electron chi connectivity index (χ3n) is 2.17. The minimum absolute atomic E-state index is 0. The molecule has 22 heavy (non-hydrogen) atoms. The van der Waals surface area contributed by atoms with E-state index >= 15 is 0 Å². The molecule has 4 N–H and O–H groups in total. The van der Waals surface area contributed by atoms with E-state index in [1.165, 1.54) is 0 Å². The van der Waals surface area contributed by atoms with Crippen LogP contribution in [-0.4, -0.2) is 174 Å². The van der Waals surface area contributed by atoms with Gasteiger partial charge in [0.1, 0.15) is 0 Å². The number of nitrogens with zero attached hydrogens (tertiary/aromatic N) is 2. The van der Waals surface area contributed by atoms with Crippen molar-refractivity contribution in [1.29, 1.82) is 0 Å². The summed E-state index contributed by atoms with van der Waals surface area (Å²) in [5.41, 5.74) is 0. The molecule has 0 aromatic rings. The van der Waals surface area contributed by atoms with E-state index in [4.69, 9.17) is 20.4 Å². The largest absolute Gasteiger partial charge is 0.480 e. The molecule has 116 valence electrons. The second-order valence-corrected chi connectivity index (χ2v) is 4.00. The van der Waals surface area contributed by atoms with Crippen molar-refractivity contribution < 1.29 is 39.6 Å². The van der Waals surface area contributed by atoms with Gasteiger partial charge in [0.05, 0.1) is 26.2 Å². The predicted molar refractivity (Wildman–Crippen MR) is 74.9 cm³/mol. The number of rotatable bonds is 11. The number of aliphatic carboxylic acids is 4. The summed E-state index contributed by atoms with van der Waals surface area (Å²) < 4.78 is 0. The molecule has 0 bridgehead atoms. The number of carbonyl (C=O) groups is 4. The summed E-state index contributed by atoms with van der Waals surface area (Å²) in [6.45, 7) is -2.25. The second-order valence-electron chi connectivity index (χ2n) is 4.00. The van der Waals surface area contributed by atoms with Gasteiger partial charge in [-0.05, 0) is 0 Å². The molecule has 0 unspecified atom stereocenters. The summed E-state index contributed by atoms with van der Waals surface area (Å²) in [5.74, 6) is -4.91. The molecule has 0 heterocycles. The Morgan fingerprint density at radius 1 is 0.591 bits per heavy atom. The Bertz CT molecular complexity index is 327. The molecular weight excluding hydrogens is 338 g/mol. The quantitative estimate of drug-likeness (QED) is 0.285. The zero-order valence-electron chi connectivity index (χ0n) is 12.6. The van der Waals surface area contributed by atoms with Crippen LogP contribution in [0.4, 0.5) is 0 Å². The molecule has 12 heteroatoms. The van der Waals surface area contributed by atoms with Gasteiger partial charge in [-0.1, -0.05) is 0 Å². The Labute approximate surface area is 191 Å². The van der Waals surface area contributed by atoms with Crippen molar-refractivity contribution in [2.45, 2.75) is 0 Å². The van der Waals surface area contributed by atoms with E-state index in [1.807, 2.05) is 0 Å². The summed E-state index contributed by atoms with van der Waals surface area (Å²) in [6, 6.07) is 0. The van der Waals surface area contributed by atoms with Gasteiger partial charge in [0.25, 0.3) is 0 Å². The Balaban J connectivity index is -0.00000180. The van der Waals surface area contributed by atoms with Crippen molar-refractivity contribution in [3.8, 4) is 0 Å². The SMILES string of the molecule is O=C(O)CN(CCN(CC(=O)O)CC(=O)O)CC(=O)O.[K].[Na]. The van der Waals surface area contributed by atoms with Crippen molar-refractivity contribution in [3.05, 3.63) is 0 Å². The van der Waals surface area contributed by atoms with Gasteiger partial charge in [-0.15, -0.1) is 0 Å². The van der Waals surface area contributed by atoms with Crippen LogP contribution < -0.4 is 0 Å². The third kappa shape index (κ3) is 16.8. The topological polar surface area (TPSA) is 156 Å². The maximum atomic E-state index is 10.6. The molecule has 0 saturated heterocycles. The van der Waals surface area contributed by atoms with Crippen molar-refractivity contribution >= 4 is 105 Å². The molecule has 0 spiro atoms. The van der Waals surface area contributed by atoms with Crippen LogP contribution in [0.2, 0.25) is 0 Å². The first kappa shape index (κ1) is 27.3. The van der Waals surface area contributed by atoms with Crippen LogP contribution in [0.5, 0.6) is 0 Å². The number of carboxylic acids is 4. The smallest absolute Gasteiger partial charge is 0.317 e. The maximum Gasteiger partial charge on any atom is 0.317 e. The minimum atomic E-state index is -1.23. The van der Waals surface area contributed by atoms with Crippen molar-refractivity contribution in [3.63, 3.8) is 0 Å². The first-order chi connectivity index (χ1) is 9.20. The van der Waals surface area contributed by atoms with E-state index in [1.54, 1.807) is 0 Å². The van der Waals surface area contributed by atoms with Crippen LogP contribution in [-0.2, 0) is 19.2 Å². The molecule has 0 rings (SSSR count). The number of hydrogen-bond donors (Lipinski definition) is 4. The molecule has 0 amide bonds. The molecule has 0 aliphatic heterocycles. The van der Waals surface area contributed by atoms with Gasteiger partial charge in [-0.25, -0.2) is 0 Å². The molecule has 0 fully saturated rings. The molecule has 0 saturated carbocycles. The van der Waals surface area contributed by atoms with E-state index in [-0.39, 0.29) is 94.0 Å². The fourth-order valence-corrected chi connectivity index (χ4v) is 1.48. The van der Waals surface area contributed by atoms with Gasteiger partial charge in [0.2, 0.25) is 0 Å². The van der Waals surface area contributed by atoms with Crippen LogP contribution >= 0.6 is 0 Å². The van der Waals surface area contributed by atoms with E-state index in [0.717, 1.165) is 9.80 Å².